The lowest BCUT2D eigenvalue weighted by molar-refractivity contribution is -0.121. The lowest BCUT2D eigenvalue weighted by atomic mass is 9.98. The van der Waals surface area contributed by atoms with E-state index in [9.17, 15) is 9.90 Å². The lowest BCUT2D eigenvalue weighted by Gasteiger charge is -2.28. The first kappa shape index (κ1) is 14.5. The Morgan fingerprint density at radius 2 is 2.10 bits per heavy atom. The fraction of sp³-hybridized carbons (Fsp3) is 0.588. The molecule has 4 nitrogen and oxygen atoms in total. The van der Waals surface area contributed by atoms with Crippen molar-refractivity contribution in [3.8, 4) is 0 Å². The van der Waals surface area contributed by atoms with Crippen LogP contribution in [0.5, 0.6) is 0 Å². The van der Waals surface area contributed by atoms with E-state index in [1.54, 1.807) is 0 Å². The van der Waals surface area contributed by atoms with Crippen molar-refractivity contribution in [1.82, 2.24) is 4.90 Å². The molecule has 2 aliphatic heterocycles. The molecule has 1 aromatic rings. The van der Waals surface area contributed by atoms with Crippen molar-refractivity contribution in [2.24, 2.45) is 0 Å². The number of carbonyl (C=O) groups excluding carboxylic acids is 1. The van der Waals surface area contributed by atoms with E-state index >= 15 is 0 Å². The van der Waals surface area contributed by atoms with Crippen molar-refractivity contribution in [3.63, 3.8) is 0 Å². The SMILES string of the molecule is CC1(O)CCCN(C2CCc3ccccc3NC2=O)CC1. The maximum Gasteiger partial charge on any atom is 0.241 e. The van der Waals surface area contributed by atoms with Gasteiger partial charge in [-0.05, 0) is 57.2 Å². The Morgan fingerprint density at radius 1 is 1.29 bits per heavy atom. The smallest absolute Gasteiger partial charge is 0.241 e. The second kappa shape index (κ2) is 5.78. The zero-order valence-corrected chi connectivity index (χ0v) is 12.6. The van der Waals surface area contributed by atoms with Crippen LogP contribution in [-0.2, 0) is 11.2 Å². The third-order valence-corrected chi connectivity index (χ3v) is 4.80. The van der Waals surface area contributed by atoms with Crippen LogP contribution in [0.2, 0.25) is 0 Å². The van der Waals surface area contributed by atoms with E-state index < -0.39 is 5.60 Å². The van der Waals surface area contributed by atoms with E-state index in [2.05, 4.69) is 16.3 Å². The number of nitrogens with one attached hydrogen (secondary N) is 1. The molecule has 4 heteroatoms. The number of hydrogen-bond acceptors (Lipinski definition) is 3. The molecule has 2 atom stereocenters. The molecule has 2 unspecified atom stereocenters. The molecule has 21 heavy (non-hydrogen) atoms. The van der Waals surface area contributed by atoms with Crippen LogP contribution in [0.15, 0.2) is 24.3 Å². The first-order chi connectivity index (χ1) is 10.1. The summed E-state index contributed by atoms with van der Waals surface area (Å²) in [6.07, 6.45) is 4.28. The second-order valence-corrected chi connectivity index (χ2v) is 6.59. The average molecular weight is 288 g/mol. The van der Waals surface area contributed by atoms with Crippen LogP contribution >= 0.6 is 0 Å². The van der Waals surface area contributed by atoms with Crippen molar-refractivity contribution >= 4 is 11.6 Å². The van der Waals surface area contributed by atoms with Gasteiger partial charge in [0.2, 0.25) is 5.91 Å². The Bertz CT molecular complexity index is 527. The highest BCUT2D eigenvalue weighted by Gasteiger charge is 2.32. The van der Waals surface area contributed by atoms with Gasteiger partial charge in [-0.2, -0.15) is 0 Å². The number of likely N-dealkylation sites (tertiary alicyclic amines) is 1. The summed E-state index contributed by atoms with van der Waals surface area (Å²) in [5.74, 6) is 0.0986. The number of fused-ring (bicyclic) bond motifs is 1. The minimum atomic E-state index is -0.584. The molecule has 2 aliphatic rings. The number of anilines is 1. The van der Waals surface area contributed by atoms with Crippen LogP contribution in [0.1, 0.15) is 38.2 Å². The molecule has 1 aromatic carbocycles. The quantitative estimate of drug-likeness (QED) is 0.833. The summed E-state index contributed by atoms with van der Waals surface area (Å²) < 4.78 is 0. The lowest BCUT2D eigenvalue weighted by Crippen LogP contribution is -2.44. The maximum absolute atomic E-state index is 12.5. The van der Waals surface area contributed by atoms with E-state index in [0.29, 0.717) is 0 Å². The van der Waals surface area contributed by atoms with Gasteiger partial charge >= 0.3 is 0 Å². The van der Waals surface area contributed by atoms with Crippen molar-refractivity contribution in [2.45, 2.75) is 50.7 Å². The Morgan fingerprint density at radius 3 is 2.95 bits per heavy atom. The molecule has 3 rings (SSSR count). The zero-order chi connectivity index (χ0) is 14.9. The van der Waals surface area contributed by atoms with Crippen molar-refractivity contribution < 1.29 is 9.90 Å². The molecule has 1 fully saturated rings. The van der Waals surface area contributed by atoms with E-state index in [1.807, 2.05) is 25.1 Å². The number of aryl methyl sites for hydroxylation is 1. The third kappa shape index (κ3) is 3.27. The molecule has 114 valence electrons. The summed E-state index contributed by atoms with van der Waals surface area (Å²) in [5.41, 5.74) is 1.58. The van der Waals surface area contributed by atoms with Gasteiger partial charge in [0.1, 0.15) is 0 Å². The minimum absolute atomic E-state index is 0.0775. The predicted molar refractivity (Wildman–Crippen MR) is 83.2 cm³/mol. The minimum Gasteiger partial charge on any atom is -0.390 e. The topological polar surface area (TPSA) is 52.6 Å². The van der Waals surface area contributed by atoms with Crippen LogP contribution in [-0.4, -0.2) is 40.6 Å². The number of carbonyl (C=O) groups is 1. The zero-order valence-electron chi connectivity index (χ0n) is 12.6. The van der Waals surface area contributed by atoms with Gasteiger partial charge < -0.3 is 10.4 Å². The second-order valence-electron chi connectivity index (χ2n) is 6.59. The van der Waals surface area contributed by atoms with Gasteiger partial charge in [0.15, 0.2) is 0 Å². The molecule has 0 saturated carbocycles. The van der Waals surface area contributed by atoms with Crippen molar-refractivity contribution in [1.29, 1.82) is 0 Å². The molecule has 1 amide bonds. The highest BCUT2D eigenvalue weighted by atomic mass is 16.3. The van der Waals surface area contributed by atoms with E-state index in [1.165, 1.54) is 5.56 Å². The summed E-state index contributed by atoms with van der Waals surface area (Å²) in [4.78, 5) is 14.8. The summed E-state index contributed by atoms with van der Waals surface area (Å²) in [7, 11) is 0. The molecule has 0 aliphatic carbocycles. The van der Waals surface area contributed by atoms with Gasteiger partial charge in [0.05, 0.1) is 11.6 Å². The molecule has 2 heterocycles. The van der Waals surface area contributed by atoms with Gasteiger partial charge in [-0.25, -0.2) is 0 Å². The summed E-state index contributed by atoms with van der Waals surface area (Å²) in [6, 6.07) is 7.97. The summed E-state index contributed by atoms with van der Waals surface area (Å²) in [5, 5.41) is 13.3. The largest absolute Gasteiger partial charge is 0.390 e. The Kier molecular flexibility index (Phi) is 4.00. The fourth-order valence-corrected chi connectivity index (χ4v) is 3.44. The molecule has 0 spiro atoms. The monoisotopic (exact) mass is 288 g/mol. The average Bonchev–Trinajstić information content (AvgIpc) is 2.72. The van der Waals surface area contributed by atoms with Crippen LogP contribution in [0, 0.1) is 0 Å². The van der Waals surface area contributed by atoms with Gasteiger partial charge in [0.25, 0.3) is 0 Å². The van der Waals surface area contributed by atoms with E-state index in [-0.39, 0.29) is 11.9 Å². The summed E-state index contributed by atoms with van der Waals surface area (Å²) >= 11 is 0. The molecule has 0 aromatic heterocycles. The molecular weight excluding hydrogens is 264 g/mol. The van der Waals surface area contributed by atoms with E-state index in [4.69, 9.17) is 0 Å². The normalized spacial score (nSPS) is 31.0. The number of aliphatic hydroxyl groups is 1. The standard InChI is InChI=1S/C17H24N2O2/c1-17(21)9-4-11-19(12-10-17)15-8-7-13-5-2-3-6-14(13)18-16(15)20/h2-3,5-6,15,21H,4,7-12H2,1H3,(H,18,20). The van der Waals surface area contributed by atoms with Gasteiger partial charge in [-0.3, -0.25) is 9.69 Å². The number of para-hydroxylation sites is 1. The third-order valence-electron chi connectivity index (χ3n) is 4.80. The maximum atomic E-state index is 12.5. The first-order valence-corrected chi connectivity index (χ1v) is 7.90. The Labute approximate surface area is 126 Å². The highest BCUT2D eigenvalue weighted by molar-refractivity contribution is 5.96. The molecule has 1 saturated heterocycles. The predicted octanol–water partition coefficient (Wildman–Crippen LogP) is 2.18. The van der Waals surface area contributed by atoms with Crippen molar-refractivity contribution in [2.75, 3.05) is 18.4 Å². The fourth-order valence-electron chi connectivity index (χ4n) is 3.44. The van der Waals surface area contributed by atoms with Crippen molar-refractivity contribution in [3.05, 3.63) is 29.8 Å². The Balaban J connectivity index is 1.73. The Hall–Kier alpha value is -1.39. The number of benzene rings is 1. The number of amides is 1. The van der Waals surface area contributed by atoms with Crippen LogP contribution in [0.3, 0.4) is 0 Å². The molecule has 0 bridgehead atoms. The van der Waals surface area contributed by atoms with Gasteiger partial charge in [0, 0.05) is 12.2 Å². The van der Waals surface area contributed by atoms with Crippen LogP contribution in [0.4, 0.5) is 5.69 Å². The molecule has 0 radical (unpaired) electrons. The van der Waals surface area contributed by atoms with E-state index in [0.717, 1.165) is 50.9 Å². The van der Waals surface area contributed by atoms with Crippen LogP contribution in [0.25, 0.3) is 0 Å². The highest BCUT2D eigenvalue weighted by Crippen LogP contribution is 2.27. The van der Waals surface area contributed by atoms with Gasteiger partial charge in [-0.15, -0.1) is 0 Å². The number of hydrogen-bond donors (Lipinski definition) is 2. The molecular formula is C17H24N2O2. The first-order valence-electron chi connectivity index (χ1n) is 7.90. The summed E-state index contributed by atoms with van der Waals surface area (Å²) in [6.45, 7) is 3.59. The number of rotatable bonds is 1. The van der Waals surface area contributed by atoms with Crippen LogP contribution < -0.4 is 5.32 Å². The molecule has 2 N–H and O–H groups in total. The van der Waals surface area contributed by atoms with Gasteiger partial charge in [-0.1, -0.05) is 18.2 Å². The number of nitrogens with zero attached hydrogens (tertiary/aromatic N) is 1.